The van der Waals surface area contributed by atoms with Crippen LogP contribution in [0.2, 0.25) is 18.1 Å². The van der Waals surface area contributed by atoms with E-state index in [9.17, 15) is 19.1 Å². The molecule has 202 valence electrons. The predicted molar refractivity (Wildman–Crippen MR) is 153 cm³/mol. The normalized spacial score (nSPS) is 11.7. The lowest BCUT2D eigenvalue weighted by Crippen LogP contribution is -2.40. The van der Waals surface area contributed by atoms with Crippen molar-refractivity contribution in [3.63, 3.8) is 0 Å². The molecule has 0 bridgehead atoms. The van der Waals surface area contributed by atoms with Gasteiger partial charge in [-0.3, -0.25) is 10.1 Å². The maximum absolute atomic E-state index is 14.7. The van der Waals surface area contributed by atoms with Crippen molar-refractivity contribution in [3.05, 3.63) is 83.7 Å². The number of aryl methyl sites for hydroxylation is 1. The van der Waals surface area contributed by atoms with Gasteiger partial charge in [0.15, 0.2) is 8.32 Å². The number of carbonyl (C=O) groups excluding carboxylic acids is 1. The number of carbonyl (C=O) groups is 2. The third-order valence-corrected chi connectivity index (χ3v) is 11.5. The van der Waals surface area contributed by atoms with Crippen LogP contribution < -0.4 is 10.6 Å². The Morgan fingerprint density at radius 1 is 0.921 bits per heavy atom. The van der Waals surface area contributed by atoms with Gasteiger partial charge in [-0.05, 0) is 65.9 Å². The number of carboxylic acid groups (broad SMARTS) is 1. The number of benzene rings is 3. The summed E-state index contributed by atoms with van der Waals surface area (Å²) in [6.45, 7) is 11.1. The Labute approximate surface area is 225 Å². The number of hydrogen-bond donors (Lipinski definition) is 3. The van der Waals surface area contributed by atoms with Gasteiger partial charge in [-0.1, -0.05) is 69.3 Å². The van der Waals surface area contributed by atoms with Crippen molar-refractivity contribution in [1.82, 2.24) is 0 Å². The molecule has 0 aliphatic carbocycles. The highest BCUT2D eigenvalue weighted by atomic mass is 28.4. The fourth-order valence-electron chi connectivity index (χ4n) is 3.73. The highest BCUT2D eigenvalue weighted by Gasteiger charge is 2.37. The average Bonchev–Trinajstić information content (AvgIpc) is 2.84. The van der Waals surface area contributed by atoms with Crippen molar-refractivity contribution >= 4 is 31.7 Å². The summed E-state index contributed by atoms with van der Waals surface area (Å²) in [7, 11) is -1.95. The summed E-state index contributed by atoms with van der Waals surface area (Å²) < 4.78 is 20.8. The molecule has 3 aromatic carbocycles. The van der Waals surface area contributed by atoms with E-state index in [-0.39, 0.29) is 23.1 Å². The number of amides is 2. The van der Waals surface area contributed by atoms with Gasteiger partial charge < -0.3 is 14.8 Å². The van der Waals surface area contributed by atoms with Crippen molar-refractivity contribution < 1.29 is 23.5 Å². The zero-order valence-corrected chi connectivity index (χ0v) is 23.7. The molecule has 3 rings (SSSR count). The lowest BCUT2D eigenvalue weighted by molar-refractivity contribution is -0.116. The van der Waals surface area contributed by atoms with E-state index in [1.807, 2.05) is 42.5 Å². The van der Waals surface area contributed by atoms with Crippen LogP contribution in [0, 0.1) is 5.82 Å². The smallest absolute Gasteiger partial charge is 0.409 e. The van der Waals surface area contributed by atoms with Crippen LogP contribution in [0.1, 0.15) is 44.7 Å². The molecule has 0 unspecified atom stereocenters. The molecule has 0 spiro atoms. The first-order valence-electron chi connectivity index (χ1n) is 12.8. The fourth-order valence-corrected chi connectivity index (χ4v) is 4.69. The Hall–Kier alpha value is -3.49. The molecule has 0 saturated heterocycles. The van der Waals surface area contributed by atoms with Crippen molar-refractivity contribution in [2.24, 2.45) is 0 Å². The molecule has 6 nitrogen and oxygen atoms in total. The zero-order chi connectivity index (χ0) is 27.9. The monoisotopic (exact) mass is 536 g/mol. The quantitative estimate of drug-likeness (QED) is 0.229. The average molecular weight is 537 g/mol. The van der Waals surface area contributed by atoms with E-state index in [4.69, 9.17) is 4.43 Å². The molecule has 0 aliphatic rings. The molecule has 38 heavy (non-hydrogen) atoms. The molecule has 8 heteroatoms. The minimum atomic E-state index is -1.95. The standard InChI is InChI=1S/C30H37FN2O4Si/c1-30(2,3)38(4,5)37-20-22-15-17-26(25(31)18-22)32-28(34)13-9-10-21-14-16-24(23-11-7-6-8-12-23)27(19-21)33-29(35)36/h6-8,11-12,14-19,33H,9-10,13,20H2,1-5H3,(H,32,34)(H,35,36). The summed E-state index contributed by atoms with van der Waals surface area (Å²) in [6.07, 6.45) is 0.169. The van der Waals surface area contributed by atoms with Gasteiger partial charge in [0.2, 0.25) is 5.91 Å². The van der Waals surface area contributed by atoms with E-state index in [0.29, 0.717) is 25.1 Å². The van der Waals surface area contributed by atoms with Crippen LogP contribution in [0.5, 0.6) is 0 Å². The van der Waals surface area contributed by atoms with E-state index < -0.39 is 20.2 Å². The second-order valence-corrected chi connectivity index (χ2v) is 15.8. The molecular weight excluding hydrogens is 499 g/mol. The lowest BCUT2D eigenvalue weighted by atomic mass is 9.99. The molecule has 0 radical (unpaired) electrons. The number of hydrogen-bond acceptors (Lipinski definition) is 3. The molecular formula is C30H37FN2O4Si. The maximum atomic E-state index is 14.7. The molecule has 0 aromatic heterocycles. The molecule has 2 amide bonds. The topological polar surface area (TPSA) is 87.7 Å². The van der Waals surface area contributed by atoms with Crippen LogP contribution in [0.4, 0.5) is 20.6 Å². The summed E-state index contributed by atoms with van der Waals surface area (Å²) in [5, 5.41) is 14.4. The Morgan fingerprint density at radius 2 is 1.61 bits per heavy atom. The predicted octanol–water partition coefficient (Wildman–Crippen LogP) is 8.07. The molecule has 0 atom stereocenters. The molecule has 0 heterocycles. The molecule has 3 N–H and O–H groups in total. The van der Waals surface area contributed by atoms with Gasteiger partial charge in [0.1, 0.15) is 5.82 Å². The third kappa shape index (κ3) is 8.00. The summed E-state index contributed by atoms with van der Waals surface area (Å²) in [5.74, 6) is -0.769. The summed E-state index contributed by atoms with van der Waals surface area (Å²) >= 11 is 0. The van der Waals surface area contributed by atoms with E-state index in [1.54, 1.807) is 18.2 Å². The van der Waals surface area contributed by atoms with Crippen LogP contribution >= 0.6 is 0 Å². The number of rotatable bonds is 10. The first-order valence-corrected chi connectivity index (χ1v) is 15.7. The van der Waals surface area contributed by atoms with Crippen molar-refractivity contribution in [2.45, 2.75) is 64.8 Å². The first-order chi connectivity index (χ1) is 17.9. The van der Waals surface area contributed by atoms with E-state index in [0.717, 1.165) is 22.3 Å². The van der Waals surface area contributed by atoms with E-state index >= 15 is 0 Å². The third-order valence-electron chi connectivity index (χ3n) is 6.99. The molecule has 3 aromatic rings. The van der Waals surface area contributed by atoms with Gasteiger partial charge in [0, 0.05) is 12.0 Å². The highest BCUT2D eigenvalue weighted by molar-refractivity contribution is 6.74. The number of halogens is 1. The minimum Gasteiger partial charge on any atom is -0.465 e. The van der Waals surface area contributed by atoms with Gasteiger partial charge >= 0.3 is 6.09 Å². The maximum Gasteiger partial charge on any atom is 0.409 e. The van der Waals surface area contributed by atoms with Crippen LogP contribution in [0.15, 0.2) is 66.7 Å². The van der Waals surface area contributed by atoms with E-state index in [1.165, 1.54) is 6.07 Å². The Morgan fingerprint density at radius 3 is 2.24 bits per heavy atom. The van der Waals surface area contributed by atoms with E-state index in [2.05, 4.69) is 44.5 Å². The largest absolute Gasteiger partial charge is 0.465 e. The second-order valence-electron chi connectivity index (χ2n) is 10.9. The second kappa shape index (κ2) is 12.4. The van der Waals surface area contributed by atoms with Gasteiger partial charge in [0.05, 0.1) is 18.0 Å². The Bertz CT molecular complexity index is 1270. The highest BCUT2D eigenvalue weighted by Crippen LogP contribution is 2.37. The SMILES string of the molecule is CC(C)(C)[Si](C)(C)OCc1ccc(NC(=O)CCCc2ccc(-c3ccccc3)c(NC(=O)O)c2)c(F)c1. The lowest BCUT2D eigenvalue weighted by Gasteiger charge is -2.36. The van der Waals surface area contributed by atoms with Gasteiger partial charge in [-0.15, -0.1) is 0 Å². The van der Waals surface area contributed by atoms with Crippen molar-refractivity contribution in [2.75, 3.05) is 10.6 Å². The summed E-state index contributed by atoms with van der Waals surface area (Å²) in [6, 6.07) is 19.9. The van der Waals surface area contributed by atoms with Crippen LogP contribution in [0.3, 0.4) is 0 Å². The van der Waals surface area contributed by atoms with Gasteiger partial charge in [0.25, 0.3) is 0 Å². The number of anilines is 2. The molecule has 0 aliphatic heterocycles. The summed E-state index contributed by atoms with van der Waals surface area (Å²) in [5.41, 5.74) is 3.95. The Kier molecular flexibility index (Phi) is 9.46. The van der Waals surface area contributed by atoms with Crippen molar-refractivity contribution in [3.8, 4) is 11.1 Å². The number of nitrogens with one attached hydrogen (secondary N) is 2. The van der Waals surface area contributed by atoms with Crippen LogP contribution in [-0.4, -0.2) is 25.4 Å². The fraction of sp³-hybridized carbons (Fsp3) is 0.333. The minimum absolute atomic E-state index is 0.0672. The first kappa shape index (κ1) is 29.1. The van der Waals surface area contributed by atoms with Crippen molar-refractivity contribution in [1.29, 1.82) is 0 Å². The molecule has 0 saturated carbocycles. The Balaban J connectivity index is 1.56. The van der Waals surface area contributed by atoms with Gasteiger partial charge in [-0.25, -0.2) is 9.18 Å². The summed E-state index contributed by atoms with van der Waals surface area (Å²) in [4.78, 5) is 23.8. The van der Waals surface area contributed by atoms with Crippen LogP contribution in [-0.2, 0) is 22.2 Å². The van der Waals surface area contributed by atoms with Crippen LogP contribution in [0.25, 0.3) is 11.1 Å². The van der Waals surface area contributed by atoms with Gasteiger partial charge in [-0.2, -0.15) is 0 Å². The molecule has 0 fully saturated rings. The zero-order valence-electron chi connectivity index (χ0n) is 22.7.